The summed E-state index contributed by atoms with van der Waals surface area (Å²) in [6.45, 7) is 8.09. The molecule has 7 nitrogen and oxygen atoms in total. The van der Waals surface area contributed by atoms with Crippen LogP contribution >= 0.6 is 11.3 Å². The van der Waals surface area contributed by atoms with E-state index < -0.39 is 0 Å². The van der Waals surface area contributed by atoms with E-state index in [1.54, 1.807) is 6.07 Å². The fraction of sp³-hybridized carbons (Fsp3) is 0.471. The molecule has 2 N–H and O–H groups in total. The van der Waals surface area contributed by atoms with Crippen molar-refractivity contribution in [3.63, 3.8) is 0 Å². The smallest absolute Gasteiger partial charge is 0.273 e. The maximum Gasteiger partial charge on any atom is 0.273 e. The Kier molecular flexibility index (Phi) is 5.31. The summed E-state index contributed by atoms with van der Waals surface area (Å²) in [6, 6.07) is 1.54. The molecule has 0 spiro atoms. The number of thiazole rings is 1. The van der Waals surface area contributed by atoms with E-state index in [0.29, 0.717) is 16.4 Å². The number of Topliss-reactive ketones (excluding diaryl/α,β-unsaturated/α-hetero) is 1. The van der Waals surface area contributed by atoms with E-state index in [1.165, 1.54) is 24.5 Å². The van der Waals surface area contributed by atoms with Crippen LogP contribution in [0.15, 0.2) is 17.6 Å². The molecule has 1 aliphatic heterocycles. The topological polar surface area (TPSA) is 87.3 Å². The van der Waals surface area contributed by atoms with Crippen molar-refractivity contribution in [2.45, 2.75) is 39.5 Å². The summed E-state index contributed by atoms with van der Waals surface area (Å²) >= 11 is 1.39. The lowest BCUT2D eigenvalue weighted by Gasteiger charge is -2.34. The summed E-state index contributed by atoms with van der Waals surface area (Å²) in [4.78, 5) is 33.1. The molecule has 1 fully saturated rings. The first-order valence-corrected chi connectivity index (χ1v) is 9.11. The molecule has 8 heteroatoms. The third-order valence-corrected chi connectivity index (χ3v) is 4.79. The molecule has 2 unspecified atom stereocenters. The van der Waals surface area contributed by atoms with Gasteiger partial charge in [0.2, 0.25) is 0 Å². The van der Waals surface area contributed by atoms with Crippen LogP contribution in [-0.2, 0) is 11.3 Å². The molecular formula is C17H22N4O3S. The van der Waals surface area contributed by atoms with Crippen molar-refractivity contribution in [2.75, 3.05) is 18.4 Å². The summed E-state index contributed by atoms with van der Waals surface area (Å²) < 4.78 is 5.74. The number of ketones is 1. The highest BCUT2D eigenvalue weighted by Crippen LogP contribution is 2.20. The average molecular weight is 362 g/mol. The van der Waals surface area contributed by atoms with Crippen molar-refractivity contribution in [2.24, 2.45) is 0 Å². The Labute approximate surface area is 150 Å². The van der Waals surface area contributed by atoms with Crippen LogP contribution in [0.2, 0.25) is 0 Å². The predicted molar refractivity (Wildman–Crippen MR) is 96.2 cm³/mol. The average Bonchev–Trinajstić information content (AvgIpc) is 3.15. The summed E-state index contributed by atoms with van der Waals surface area (Å²) in [5.74, 6) is -0.386. The van der Waals surface area contributed by atoms with Gasteiger partial charge in [-0.1, -0.05) is 0 Å². The van der Waals surface area contributed by atoms with Gasteiger partial charge in [-0.25, -0.2) is 4.98 Å². The molecule has 1 saturated heterocycles. The number of H-pyrrole nitrogens is 1. The fourth-order valence-corrected chi connectivity index (χ4v) is 3.67. The quantitative estimate of drug-likeness (QED) is 0.798. The van der Waals surface area contributed by atoms with Gasteiger partial charge in [0.25, 0.3) is 5.91 Å². The van der Waals surface area contributed by atoms with Crippen LogP contribution in [0.4, 0.5) is 5.13 Å². The minimum Gasteiger partial charge on any atom is -0.373 e. The summed E-state index contributed by atoms with van der Waals surface area (Å²) in [5.41, 5.74) is 1.76. The van der Waals surface area contributed by atoms with Crippen molar-refractivity contribution in [3.8, 4) is 0 Å². The normalized spacial score (nSPS) is 21.2. The monoisotopic (exact) mass is 362 g/mol. The van der Waals surface area contributed by atoms with Crippen LogP contribution in [0.3, 0.4) is 0 Å². The number of aromatic nitrogens is 2. The Morgan fingerprint density at radius 3 is 2.76 bits per heavy atom. The van der Waals surface area contributed by atoms with Gasteiger partial charge in [-0.3, -0.25) is 19.8 Å². The molecule has 0 aliphatic carbocycles. The number of rotatable bonds is 5. The van der Waals surface area contributed by atoms with Crippen LogP contribution in [-0.4, -0.2) is 51.9 Å². The fourth-order valence-electron chi connectivity index (χ4n) is 2.97. The van der Waals surface area contributed by atoms with Gasteiger partial charge in [-0.15, -0.1) is 11.3 Å². The van der Waals surface area contributed by atoms with Crippen LogP contribution in [0.25, 0.3) is 0 Å². The number of aromatic amines is 1. The Balaban J connectivity index is 1.59. The SMILES string of the molecule is CC(=O)c1c[nH]c(C(=O)Nc2nc(CN3CC(C)OC(C)C3)cs2)c1. The van der Waals surface area contributed by atoms with Crippen molar-refractivity contribution < 1.29 is 14.3 Å². The van der Waals surface area contributed by atoms with E-state index in [4.69, 9.17) is 4.74 Å². The molecule has 0 bridgehead atoms. The van der Waals surface area contributed by atoms with Crippen molar-refractivity contribution >= 4 is 28.2 Å². The third-order valence-electron chi connectivity index (χ3n) is 3.99. The third kappa shape index (κ3) is 4.53. The Morgan fingerprint density at radius 2 is 2.12 bits per heavy atom. The Bertz CT molecular complexity index is 760. The van der Waals surface area contributed by atoms with Gasteiger partial charge < -0.3 is 9.72 Å². The van der Waals surface area contributed by atoms with E-state index in [0.717, 1.165) is 25.3 Å². The molecule has 3 rings (SSSR count). The first-order chi connectivity index (χ1) is 11.9. The number of ether oxygens (including phenoxy) is 1. The first-order valence-electron chi connectivity index (χ1n) is 8.23. The van der Waals surface area contributed by atoms with Gasteiger partial charge in [-0.2, -0.15) is 0 Å². The highest BCUT2D eigenvalue weighted by molar-refractivity contribution is 7.13. The zero-order valence-corrected chi connectivity index (χ0v) is 15.4. The number of hydrogen-bond acceptors (Lipinski definition) is 6. The van der Waals surface area contributed by atoms with Crippen molar-refractivity contribution in [1.29, 1.82) is 0 Å². The van der Waals surface area contributed by atoms with Gasteiger partial charge in [0.15, 0.2) is 10.9 Å². The van der Waals surface area contributed by atoms with Crippen LogP contribution < -0.4 is 5.32 Å². The molecule has 1 aliphatic rings. The van der Waals surface area contributed by atoms with Gasteiger partial charge in [-0.05, 0) is 26.8 Å². The summed E-state index contributed by atoms with van der Waals surface area (Å²) in [7, 11) is 0. The lowest BCUT2D eigenvalue weighted by atomic mass is 10.2. The molecule has 2 aromatic heterocycles. The maximum absolute atomic E-state index is 12.2. The number of amides is 1. The molecular weight excluding hydrogens is 340 g/mol. The predicted octanol–water partition coefficient (Wildman–Crippen LogP) is 2.54. The second-order valence-electron chi connectivity index (χ2n) is 6.41. The zero-order valence-electron chi connectivity index (χ0n) is 14.5. The van der Waals surface area contributed by atoms with Crippen molar-refractivity contribution in [1.82, 2.24) is 14.9 Å². The number of carbonyl (C=O) groups excluding carboxylic acids is 2. The van der Waals surface area contributed by atoms with E-state index in [1.807, 2.05) is 5.38 Å². The van der Waals surface area contributed by atoms with Gasteiger partial charge in [0.1, 0.15) is 5.69 Å². The largest absolute Gasteiger partial charge is 0.373 e. The highest BCUT2D eigenvalue weighted by atomic mass is 32.1. The van der Waals surface area contributed by atoms with E-state index in [-0.39, 0.29) is 23.9 Å². The Morgan fingerprint density at radius 1 is 1.40 bits per heavy atom. The highest BCUT2D eigenvalue weighted by Gasteiger charge is 2.23. The lowest BCUT2D eigenvalue weighted by molar-refractivity contribution is -0.0707. The molecule has 0 saturated carbocycles. The number of morpholine rings is 1. The molecule has 25 heavy (non-hydrogen) atoms. The van der Waals surface area contributed by atoms with Crippen molar-refractivity contribution in [3.05, 3.63) is 34.6 Å². The molecule has 2 atom stereocenters. The Hall–Kier alpha value is -2.03. The number of hydrogen-bond donors (Lipinski definition) is 2. The second-order valence-corrected chi connectivity index (χ2v) is 7.27. The lowest BCUT2D eigenvalue weighted by Crippen LogP contribution is -2.44. The molecule has 0 aromatic carbocycles. The first kappa shape index (κ1) is 17.8. The second kappa shape index (κ2) is 7.47. The number of nitrogens with zero attached hydrogens (tertiary/aromatic N) is 2. The molecule has 0 radical (unpaired) electrons. The van der Waals surface area contributed by atoms with Gasteiger partial charge in [0.05, 0.1) is 17.9 Å². The van der Waals surface area contributed by atoms with Gasteiger partial charge in [0, 0.05) is 36.8 Å². The maximum atomic E-state index is 12.2. The molecule has 3 heterocycles. The van der Waals surface area contributed by atoms with E-state index in [2.05, 4.69) is 34.0 Å². The minimum absolute atomic E-state index is 0.0826. The van der Waals surface area contributed by atoms with Gasteiger partial charge >= 0.3 is 0 Å². The van der Waals surface area contributed by atoms with Crippen LogP contribution in [0.5, 0.6) is 0 Å². The summed E-state index contributed by atoms with van der Waals surface area (Å²) in [6.07, 6.45) is 1.96. The van der Waals surface area contributed by atoms with Crippen LogP contribution in [0.1, 0.15) is 47.3 Å². The number of carbonyl (C=O) groups is 2. The van der Waals surface area contributed by atoms with E-state index in [9.17, 15) is 9.59 Å². The standard InChI is InChI=1S/C17H22N4O3S/c1-10-6-21(7-11(2)24-10)8-14-9-25-17(19-14)20-16(23)15-4-13(5-18-15)12(3)22/h4-5,9-11,18H,6-8H2,1-3H3,(H,19,20,23). The minimum atomic E-state index is -0.304. The van der Waals surface area contributed by atoms with Crippen LogP contribution in [0, 0.1) is 0 Å². The number of anilines is 1. The zero-order chi connectivity index (χ0) is 18.0. The summed E-state index contributed by atoms with van der Waals surface area (Å²) in [5, 5.41) is 5.27. The molecule has 134 valence electrons. The van der Waals surface area contributed by atoms with E-state index >= 15 is 0 Å². The molecule has 2 aromatic rings. The molecule has 1 amide bonds. The number of nitrogens with one attached hydrogen (secondary N) is 2.